The minimum atomic E-state index is -0.994. The molecule has 1 fully saturated rings. The van der Waals surface area contributed by atoms with Gasteiger partial charge < -0.3 is 19.2 Å². The lowest BCUT2D eigenvalue weighted by Crippen LogP contribution is -2.38. The summed E-state index contributed by atoms with van der Waals surface area (Å²) >= 11 is 1.33. The van der Waals surface area contributed by atoms with E-state index in [9.17, 15) is 9.59 Å². The number of nitrogens with zero attached hydrogens (tertiary/aromatic N) is 2. The van der Waals surface area contributed by atoms with Crippen LogP contribution in [0.2, 0.25) is 0 Å². The van der Waals surface area contributed by atoms with Gasteiger partial charge in [0.25, 0.3) is 5.91 Å². The molecule has 1 N–H and O–H groups in total. The van der Waals surface area contributed by atoms with E-state index in [1.54, 1.807) is 36.4 Å². The van der Waals surface area contributed by atoms with Gasteiger partial charge in [-0.25, -0.2) is 4.79 Å². The molecule has 0 radical (unpaired) electrons. The van der Waals surface area contributed by atoms with Crippen LogP contribution in [0.15, 0.2) is 50.7 Å². The molecule has 0 saturated carbocycles. The summed E-state index contributed by atoms with van der Waals surface area (Å²) in [6.07, 6.45) is 1.66. The number of aliphatic imine (C=N–C) groups is 1. The zero-order chi connectivity index (χ0) is 18.8. The highest BCUT2D eigenvalue weighted by Gasteiger charge is 2.27. The molecule has 1 aromatic carbocycles. The number of amidine groups is 1. The molecule has 0 atom stereocenters. The van der Waals surface area contributed by atoms with E-state index in [-0.39, 0.29) is 11.5 Å². The first-order valence-corrected chi connectivity index (χ1v) is 9.20. The van der Waals surface area contributed by atoms with Crippen LogP contribution in [0.5, 0.6) is 0 Å². The molecule has 0 aliphatic carbocycles. The molecule has 4 rings (SSSR count). The first kappa shape index (κ1) is 17.6. The smallest absolute Gasteiger partial charge is 0.335 e. The molecule has 0 spiro atoms. The van der Waals surface area contributed by atoms with Crippen LogP contribution in [0.3, 0.4) is 0 Å². The van der Waals surface area contributed by atoms with E-state index in [2.05, 4.69) is 4.99 Å². The van der Waals surface area contributed by atoms with Crippen molar-refractivity contribution in [1.29, 1.82) is 0 Å². The number of aromatic carboxylic acids is 1. The number of rotatable bonds is 3. The number of amides is 1. The van der Waals surface area contributed by atoms with Gasteiger partial charge in [0.05, 0.1) is 23.7 Å². The SMILES string of the molecule is O=C1N=C(N2CCOCC2)S/C1=C/c1ccc(-c2cccc(C(=O)O)c2)o1. The lowest BCUT2D eigenvalue weighted by molar-refractivity contribution is -0.113. The number of thioether (sulfide) groups is 1. The molecular formula is C19H16N2O5S. The number of furan rings is 1. The van der Waals surface area contributed by atoms with Gasteiger partial charge in [0.2, 0.25) is 0 Å². The molecule has 8 heteroatoms. The summed E-state index contributed by atoms with van der Waals surface area (Å²) in [7, 11) is 0. The fraction of sp³-hybridized carbons (Fsp3) is 0.211. The zero-order valence-corrected chi connectivity index (χ0v) is 15.1. The predicted octanol–water partition coefficient (Wildman–Crippen LogP) is 2.95. The summed E-state index contributed by atoms with van der Waals surface area (Å²) in [5.41, 5.74) is 0.851. The van der Waals surface area contributed by atoms with E-state index in [0.717, 1.165) is 13.1 Å². The molecule has 2 aliphatic rings. The van der Waals surface area contributed by atoms with Gasteiger partial charge in [-0.1, -0.05) is 12.1 Å². The van der Waals surface area contributed by atoms with Gasteiger partial charge >= 0.3 is 5.97 Å². The third-order valence-corrected chi connectivity index (χ3v) is 5.23. The number of morpholine rings is 1. The molecule has 1 aromatic heterocycles. The average molecular weight is 384 g/mol. The molecule has 1 saturated heterocycles. The van der Waals surface area contributed by atoms with E-state index in [1.165, 1.54) is 17.8 Å². The average Bonchev–Trinajstić information content (AvgIpc) is 3.30. The van der Waals surface area contributed by atoms with E-state index < -0.39 is 5.97 Å². The maximum absolute atomic E-state index is 12.2. The molecule has 27 heavy (non-hydrogen) atoms. The van der Waals surface area contributed by atoms with Crippen LogP contribution >= 0.6 is 11.8 Å². The highest BCUT2D eigenvalue weighted by Crippen LogP contribution is 2.32. The zero-order valence-electron chi connectivity index (χ0n) is 14.3. The fourth-order valence-corrected chi connectivity index (χ4v) is 3.75. The summed E-state index contributed by atoms with van der Waals surface area (Å²) < 4.78 is 11.1. The van der Waals surface area contributed by atoms with E-state index in [1.807, 2.05) is 4.90 Å². The normalized spacial score (nSPS) is 18.8. The van der Waals surface area contributed by atoms with Crippen molar-refractivity contribution >= 4 is 34.9 Å². The number of carbonyl (C=O) groups is 2. The summed E-state index contributed by atoms with van der Waals surface area (Å²) in [5, 5.41) is 9.80. The lowest BCUT2D eigenvalue weighted by atomic mass is 10.1. The minimum absolute atomic E-state index is 0.189. The second kappa shape index (κ2) is 7.42. The van der Waals surface area contributed by atoms with Gasteiger partial charge in [-0.05, 0) is 36.0 Å². The Balaban J connectivity index is 1.52. The molecule has 0 unspecified atom stereocenters. The monoisotopic (exact) mass is 384 g/mol. The second-order valence-corrected chi connectivity index (χ2v) is 7.01. The molecule has 7 nitrogen and oxygen atoms in total. The number of carboxylic acid groups (broad SMARTS) is 1. The number of hydrogen-bond donors (Lipinski definition) is 1. The number of benzene rings is 1. The van der Waals surface area contributed by atoms with Gasteiger partial charge in [0.1, 0.15) is 11.5 Å². The van der Waals surface area contributed by atoms with Crippen LogP contribution in [-0.2, 0) is 9.53 Å². The third kappa shape index (κ3) is 3.81. The van der Waals surface area contributed by atoms with Crippen molar-refractivity contribution in [1.82, 2.24) is 4.90 Å². The van der Waals surface area contributed by atoms with Gasteiger partial charge in [-0.2, -0.15) is 4.99 Å². The van der Waals surface area contributed by atoms with Crippen LogP contribution in [0.1, 0.15) is 16.1 Å². The van der Waals surface area contributed by atoms with Gasteiger partial charge in [-0.15, -0.1) is 0 Å². The Morgan fingerprint density at radius 3 is 2.81 bits per heavy atom. The Hall–Kier alpha value is -2.84. The van der Waals surface area contributed by atoms with Crippen LogP contribution in [0.4, 0.5) is 0 Å². The van der Waals surface area contributed by atoms with Gasteiger partial charge in [-0.3, -0.25) is 4.79 Å². The molecule has 0 bridgehead atoms. The Morgan fingerprint density at radius 2 is 2.04 bits per heavy atom. The fourth-order valence-electron chi connectivity index (χ4n) is 2.81. The summed E-state index contributed by atoms with van der Waals surface area (Å²) in [5.74, 6) is -0.228. The topological polar surface area (TPSA) is 92.3 Å². The standard InChI is InChI=1S/C19H16N2O5S/c22-17-16(27-19(20-17)21-6-8-25-9-7-21)11-14-4-5-15(26-14)12-2-1-3-13(10-12)18(23)24/h1-5,10-11H,6-9H2,(H,23,24)/b16-11+. The highest BCUT2D eigenvalue weighted by atomic mass is 32.2. The van der Waals surface area contributed by atoms with Gasteiger partial charge in [0.15, 0.2) is 5.17 Å². The Bertz CT molecular complexity index is 957. The van der Waals surface area contributed by atoms with E-state index in [0.29, 0.717) is 40.4 Å². The number of carbonyl (C=O) groups excluding carboxylic acids is 1. The quantitative estimate of drug-likeness (QED) is 0.813. The number of carboxylic acids is 1. The van der Waals surface area contributed by atoms with Crippen LogP contribution < -0.4 is 0 Å². The maximum Gasteiger partial charge on any atom is 0.335 e. The number of hydrogen-bond acceptors (Lipinski definition) is 6. The van der Waals surface area contributed by atoms with Crippen LogP contribution in [0.25, 0.3) is 17.4 Å². The second-order valence-electron chi connectivity index (χ2n) is 6.00. The molecule has 3 heterocycles. The molecule has 2 aromatic rings. The van der Waals surface area contributed by atoms with Crippen LogP contribution in [0, 0.1) is 0 Å². The van der Waals surface area contributed by atoms with Crippen molar-refractivity contribution in [2.24, 2.45) is 4.99 Å². The van der Waals surface area contributed by atoms with Crippen molar-refractivity contribution < 1.29 is 23.8 Å². The Morgan fingerprint density at radius 1 is 1.22 bits per heavy atom. The summed E-state index contributed by atoms with van der Waals surface area (Å²) in [4.78, 5) is 30.0. The molecule has 1 amide bonds. The first-order valence-electron chi connectivity index (χ1n) is 8.39. The molecule has 2 aliphatic heterocycles. The Labute approximate surface area is 159 Å². The summed E-state index contributed by atoms with van der Waals surface area (Å²) in [6, 6.07) is 10.0. The summed E-state index contributed by atoms with van der Waals surface area (Å²) in [6.45, 7) is 2.70. The molecule has 138 valence electrons. The largest absolute Gasteiger partial charge is 0.478 e. The van der Waals surface area contributed by atoms with Crippen molar-refractivity contribution in [2.45, 2.75) is 0 Å². The van der Waals surface area contributed by atoms with E-state index in [4.69, 9.17) is 14.3 Å². The Kier molecular flexibility index (Phi) is 4.83. The van der Waals surface area contributed by atoms with Crippen molar-refractivity contribution in [2.75, 3.05) is 26.3 Å². The van der Waals surface area contributed by atoms with Crippen LogP contribution in [-0.4, -0.2) is 53.4 Å². The highest BCUT2D eigenvalue weighted by molar-refractivity contribution is 8.18. The maximum atomic E-state index is 12.2. The minimum Gasteiger partial charge on any atom is -0.478 e. The van der Waals surface area contributed by atoms with Crippen molar-refractivity contribution in [3.05, 3.63) is 52.6 Å². The van der Waals surface area contributed by atoms with Crippen molar-refractivity contribution in [3.8, 4) is 11.3 Å². The predicted molar refractivity (Wildman–Crippen MR) is 102 cm³/mol. The first-order chi connectivity index (χ1) is 13.1. The van der Waals surface area contributed by atoms with E-state index >= 15 is 0 Å². The van der Waals surface area contributed by atoms with Crippen molar-refractivity contribution in [3.63, 3.8) is 0 Å². The third-order valence-electron chi connectivity index (χ3n) is 4.18. The number of ether oxygens (including phenoxy) is 1. The lowest BCUT2D eigenvalue weighted by Gasteiger charge is -2.27. The van der Waals surface area contributed by atoms with Gasteiger partial charge in [0, 0.05) is 24.7 Å². The molecular weight excluding hydrogens is 368 g/mol.